The molecule has 0 bridgehead atoms. The number of amides is 1. The molecule has 0 saturated carbocycles. The molecule has 0 fully saturated rings. The van der Waals surface area contributed by atoms with Gasteiger partial charge in [0.15, 0.2) is 0 Å². The Bertz CT molecular complexity index is 796. The maximum atomic E-state index is 12.0. The molecule has 2 aromatic carbocycles. The third kappa shape index (κ3) is 6.42. The van der Waals surface area contributed by atoms with Crippen molar-refractivity contribution in [3.05, 3.63) is 65.7 Å². The number of benzene rings is 2. The van der Waals surface area contributed by atoms with Gasteiger partial charge < -0.3 is 11.1 Å². The fourth-order valence-corrected chi connectivity index (χ4v) is 3.39. The maximum Gasteiger partial charge on any atom is 0.240 e. The normalized spacial score (nSPS) is 12.1. The molecule has 6 nitrogen and oxygen atoms in total. The third-order valence-corrected chi connectivity index (χ3v) is 5.25. The summed E-state index contributed by atoms with van der Waals surface area (Å²) in [5, 5.41) is 2.80. The van der Waals surface area contributed by atoms with Crippen LogP contribution in [0.1, 0.15) is 30.5 Å². The molecule has 8 heteroatoms. The number of nitrogens with two attached hydrogens (primary N) is 1. The van der Waals surface area contributed by atoms with Crippen LogP contribution in [0.4, 0.5) is 0 Å². The van der Waals surface area contributed by atoms with Crippen molar-refractivity contribution in [2.45, 2.75) is 30.8 Å². The van der Waals surface area contributed by atoms with Crippen molar-refractivity contribution in [2.75, 3.05) is 6.54 Å². The predicted octanol–water partition coefficient (Wildman–Crippen LogP) is 2.11. The Kier molecular flexibility index (Phi) is 8.74. The van der Waals surface area contributed by atoms with Crippen LogP contribution in [-0.2, 0) is 21.4 Å². The van der Waals surface area contributed by atoms with Gasteiger partial charge in [0.2, 0.25) is 15.9 Å². The van der Waals surface area contributed by atoms with Gasteiger partial charge >= 0.3 is 0 Å². The molecular weight excluding hydrogens is 374 g/mol. The van der Waals surface area contributed by atoms with Crippen molar-refractivity contribution >= 4 is 28.3 Å². The molecule has 0 heterocycles. The zero-order valence-corrected chi connectivity index (χ0v) is 16.1. The molecule has 0 spiro atoms. The Balaban J connectivity index is 0.00000338. The first kappa shape index (κ1) is 22.1. The lowest BCUT2D eigenvalue weighted by Crippen LogP contribution is -2.27. The van der Waals surface area contributed by atoms with Gasteiger partial charge in [-0.1, -0.05) is 49.4 Å². The van der Waals surface area contributed by atoms with Crippen molar-refractivity contribution in [1.29, 1.82) is 0 Å². The summed E-state index contributed by atoms with van der Waals surface area (Å²) in [4.78, 5) is 12.2. The summed E-state index contributed by atoms with van der Waals surface area (Å²) >= 11 is 0. The van der Waals surface area contributed by atoms with Gasteiger partial charge in [-0.3, -0.25) is 4.79 Å². The molecule has 0 aliphatic carbocycles. The Hall–Kier alpha value is -1.93. The van der Waals surface area contributed by atoms with Crippen molar-refractivity contribution in [1.82, 2.24) is 10.0 Å². The van der Waals surface area contributed by atoms with E-state index in [0.29, 0.717) is 13.1 Å². The van der Waals surface area contributed by atoms with Gasteiger partial charge in [0.05, 0.1) is 4.90 Å². The van der Waals surface area contributed by atoms with Gasteiger partial charge in [-0.25, -0.2) is 13.1 Å². The van der Waals surface area contributed by atoms with Crippen molar-refractivity contribution < 1.29 is 13.2 Å². The van der Waals surface area contributed by atoms with Crippen LogP contribution in [0.25, 0.3) is 0 Å². The number of halogens is 1. The zero-order valence-electron chi connectivity index (χ0n) is 14.5. The molecule has 0 aliphatic heterocycles. The van der Waals surface area contributed by atoms with Gasteiger partial charge in [0.1, 0.15) is 0 Å². The lowest BCUT2D eigenvalue weighted by Gasteiger charge is -2.12. The molecule has 2 aromatic rings. The smallest absolute Gasteiger partial charge is 0.240 e. The van der Waals surface area contributed by atoms with Crippen molar-refractivity contribution in [3.63, 3.8) is 0 Å². The zero-order chi connectivity index (χ0) is 18.3. The van der Waals surface area contributed by atoms with Gasteiger partial charge in [-0.2, -0.15) is 0 Å². The number of nitrogens with one attached hydrogen (secondary N) is 2. The van der Waals surface area contributed by atoms with Crippen LogP contribution in [0.2, 0.25) is 0 Å². The van der Waals surface area contributed by atoms with Crippen molar-refractivity contribution in [2.24, 2.45) is 5.73 Å². The molecule has 0 aromatic heterocycles. The standard InChI is InChI=1S/C18H23N3O3S.ClH/c1-2-21-25(23,24)16-10-8-14(9-11-16)13-20-18(22)12-17(19)15-6-4-3-5-7-15;/h3-11,17,21H,2,12-13,19H2,1H3,(H,20,22);1H. The SMILES string of the molecule is CCNS(=O)(=O)c1ccc(CNC(=O)CC(N)c2ccccc2)cc1.Cl. The molecule has 1 amide bonds. The van der Waals surface area contributed by atoms with Crippen LogP contribution in [0, 0.1) is 0 Å². The number of sulfonamides is 1. The van der Waals surface area contributed by atoms with Crippen LogP contribution in [0.3, 0.4) is 0 Å². The molecular formula is C18H24ClN3O3S. The first-order valence-electron chi connectivity index (χ1n) is 8.08. The van der Waals surface area contributed by atoms with E-state index in [1.54, 1.807) is 19.1 Å². The lowest BCUT2D eigenvalue weighted by molar-refractivity contribution is -0.121. The Morgan fingerprint density at radius 2 is 1.69 bits per heavy atom. The number of hydrogen-bond donors (Lipinski definition) is 3. The monoisotopic (exact) mass is 397 g/mol. The second-order valence-corrected chi connectivity index (χ2v) is 7.41. The minimum Gasteiger partial charge on any atom is -0.352 e. The molecule has 142 valence electrons. The molecule has 1 atom stereocenters. The maximum absolute atomic E-state index is 12.0. The largest absolute Gasteiger partial charge is 0.352 e. The first-order valence-corrected chi connectivity index (χ1v) is 9.56. The van der Waals surface area contributed by atoms with Gasteiger partial charge in [0.25, 0.3) is 0 Å². The van der Waals surface area contributed by atoms with E-state index >= 15 is 0 Å². The summed E-state index contributed by atoms with van der Waals surface area (Å²) in [6, 6.07) is 15.5. The van der Waals surface area contributed by atoms with E-state index in [4.69, 9.17) is 5.73 Å². The van der Waals surface area contributed by atoms with E-state index in [2.05, 4.69) is 10.0 Å². The number of carbonyl (C=O) groups is 1. The predicted molar refractivity (Wildman–Crippen MR) is 104 cm³/mol. The quantitative estimate of drug-likeness (QED) is 0.634. The van der Waals surface area contributed by atoms with Gasteiger partial charge in [0, 0.05) is 25.6 Å². The van der Waals surface area contributed by atoms with E-state index in [9.17, 15) is 13.2 Å². The molecule has 2 rings (SSSR count). The highest BCUT2D eigenvalue weighted by molar-refractivity contribution is 7.89. The summed E-state index contributed by atoms with van der Waals surface area (Å²) < 4.78 is 26.2. The Morgan fingerprint density at radius 3 is 2.27 bits per heavy atom. The highest BCUT2D eigenvalue weighted by atomic mass is 35.5. The molecule has 0 aliphatic rings. The van der Waals surface area contributed by atoms with E-state index in [-0.39, 0.29) is 35.7 Å². The summed E-state index contributed by atoms with van der Waals surface area (Å²) in [5.74, 6) is -0.152. The van der Waals surface area contributed by atoms with Crippen LogP contribution in [0.15, 0.2) is 59.5 Å². The fraction of sp³-hybridized carbons (Fsp3) is 0.278. The summed E-state index contributed by atoms with van der Waals surface area (Å²) in [6.45, 7) is 2.38. The average Bonchev–Trinajstić information content (AvgIpc) is 2.61. The third-order valence-electron chi connectivity index (χ3n) is 3.69. The summed E-state index contributed by atoms with van der Waals surface area (Å²) in [6.07, 6.45) is 0.191. The second kappa shape index (κ2) is 10.3. The first-order chi connectivity index (χ1) is 11.9. The molecule has 0 radical (unpaired) electrons. The highest BCUT2D eigenvalue weighted by Crippen LogP contribution is 2.13. The van der Waals surface area contributed by atoms with Gasteiger partial charge in [-0.15, -0.1) is 12.4 Å². The number of carbonyl (C=O) groups excluding carboxylic acids is 1. The molecule has 26 heavy (non-hydrogen) atoms. The number of hydrogen-bond acceptors (Lipinski definition) is 4. The Labute approximate surface area is 160 Å². The van der Waals surface area contributed by atoms with Gasteiger partial charge in [-0.05, 0) is 23.3 Å². The van der Waals surface area contributed by atoms with E-state index in [0.717, 1.165) is 11.1 Å². The van der Waals surface area contributed by atoms with Crippen molar-refractivity contribution in [3.8, 4) is 0 Å². The summed E-state index contributed by atoms with van der Waals surface area (Å²) in [5.41, 5.74) is 7.76. The topological polar surface area (TPSA) is 101 Å². The minimum atomic E-state index is -3.46. The van der Waals surface area contributed by atoms with E-state index < -0.39 is 10.0 Å². The average molecular weight is 398 g/mol. The Morgan fingerprint density at radius 1 is 1.08 bits per heavy atom. The second-order valence-electron chi connectivity index (χ2n) is 5.64. The highest BCUT2D eigenvalue weighted by Gasteiger charge is 2.13. The van der Waals surface area contributed by atoms with Crippen LogP contribution in [0.5, 0.6) is 0 Å². The molecule has 0 saturated heterocycles. The summed E-state index contributed by atoms with van der Waals surface area (Å²) in [7, 11) is -3.46. The fourth-order valence-electron chi connectivity index (χ4n) is 2.35. The van der Waals surface area contributed by atoms with Crippen LogP contribution < -0.4 is 15.8 Å². The van der Waals surface area contributed by atoms with E-state index in [1.165, 1.54) is 12.1 Å². The lowest BCUT2D eigenvalue weighted by atomic mass is 10.0. The van der Waals surface area contributed by atoms with E-state index in [1.807, 2.05) is 30.3 Å². The number of rotatable bonds is 8. The molecule has 4 N–H and O–H groups in total. The van der Waals surface area contributed by atoms with Crippen LogP contribution in [-0.4, -0.2) is 20.9 Å². The minimum absolute atomic E-state index is 0. The molecule has 1 unspecified atom stereocenters. The van der Waals surface area contributed by atoms with Crippen LogP contribution >= 0.6 is 12.4 Å².